The van der Waals surface area contributed by atoms with E-state index in [2.05, 4.69) is 0 Å². The first kappa shape index (κ1) is 12.0. The molecule has 16 heavy (non-hydrogen) atoms. The average Bonchev–Trinajstić information content (AvgIpc) is 2.27. The van der Waals surface area contributed by atoms with Crippen molar-refractivity contribution < 1.29 is 9.53 Å². The van der Waals surface area contributed by atoms with Crippen LogP contribution in [0.4, 0.5) is 5.69 Å². The lowest BCUT2D eigenvalue weighted by atomic mass is 10.2. The summed E-state index contributed by atoms with van der Waals surface area (Å²) in [5.41, 5.74) is 7.32. The highest BCUT2D eigenvalue weighted by Crippen LogP contribution is 2.06. The molecule has 1 aromatic rings. The van der Waals surface area contributed by atoms with Crippen LogP contribution in [-0.2, 0) is 9.53 Å². The monoisotopic (exact) mass is 217 g/mol. The Hall–Kier alpha value is -2.03. The van der Waals surface area contributed by atoms with Crippen molar-refractivity contribution in [3.63, 3.8) is 0 Å². The molecule has 3 heteroatoms. The molecule has 1 aromatic carbocycles. The number of carbonyl (C=O) groups is 1. The molecule has 0 saturated carbocycles. The van der Waals surface area contributed by atoms with Crippen molar-refractivity contribution in [2.75, 3.05) is 12.3 Å². The van der Waals surface area contributed by atoms with E-state index in [1.165, 1.54) is 6.08 Å². The van der Waals surface area contributed by atoms with E-state index in [9.17, 15) is 4.79 Å². The Kier molecular flexibility index (Phi) is 4.86. The maximum atomic E-state index is 10.9. The van der Waals surface area contributed by atoms with Gasteiger partial charge in [-0.1, -0.05) is 30.4 Å². The van der Waals surface area contributed by atoms with Crippen molar-refractivity contribution in [1.29, 1.82) is 0 Å². The van der Waals surface area contributed by atoms with Crippen LogP contribution in [0.5, 0.6) is 0 Å². The fourth-order valence-electron chi connectivity index (χ4n) is 1.10. The molecule has 0 radical (unpaired) electrons. The molecule has 1 rings (SSSR count). The van der Waals surface area contributed by atoms with Crippen LogP contribution >= 0.6 is 0 Å². The number of hydrogen-bond acceptors (Lipinski definition) is 3. The van der Waals surface area contributed by atoms with Gasteiger partial charge in [0.1, 0.15) is 0 Å². The summed E-state index contributed by atoms with van der Waals surface area (Å²) in [6.07, 6.45) is 6.70. The molecule has 0 spiro atoms. The molecule has 2 N–H and O–H groups in total. The normalized spacial score (nSPS) is 11.1. The second-order valence-electron chi connectivity index (χ2n) is 3.14. The van der Waals surface area contributed by atoms with Crippen molar-refractivity contribution in [1.82, 2.24) is 0 Å². The van der Waals surface area contributed by atoms with Gasteiger partial charge in [0, 0.05) is 11.8 Å². The van der Waals surface area contributed by atoms with E-state index in [0.29, 0.717) is 6.61 Å². The van der Waals surface area contributed by atoms with E-state index < -0.39 is 0 Å². The number of hydrogen-bond donors (Lipinski definition) is 1. The standard InChI is InChI=1S/C13H15NO2/c1-2-16-13(15)6-4-3-5-11-7-9-12(14)10-8-11/h3-10H,2,14H2,1H3. The zero-order valence-corrected chi connectivity index (χ0v) is 9.22. The summed E-state index contributed by atoms with van der Waals surface area (Å²) in [6.45, 7) is 2.17. The van der Waals surface area contributed by atoms with Crippen LogP contribution in [0.25, 0.3) is 6.08 Å². The molecule has 3 nitrogen and oxygen atoms in total. The lowest BCUT2D eigenvalue weighted by Gasteiger charge is -1.94. The van der Waals surface area contributed by atoms with Crippen molar-refractivity contribution >= 4 is 17.7 Å². The molecule has 0 atom stereocenters. The Morgan fingerprint density at radius 1 is 1.31 bits per heavy atom. The van der Waals surface area contributed by atoms with E-state index >= 15 is 0 Å². The van der Waals surface area contributed by atoms with Crippen LogP contribution in [0.2, 0.25) is 0 Å². The molecule has 0 aromatic heterocycles. The Bertz CT molecular complexity index is 391. The summed E-state index contributed by atoms with van der Waals surface area (Å²) in [5, 5.41) is 0. The predicted octanol–water partition coefficient (Wildman–Crippen LogP) is 2.40. The molecular weight excluding hydrogens is 202 g/mol. The minimum Gasteiger partial charge on any atom is -0.463 e. The summed E-state index contributed by atoms with van der Waals surface area (Å²) < 4.78 is 4.73. The number of rotatable bonds is 4. The van der Waals surface area contributed by atoms with E-state index in [0.717, 1.165) is 11.3 Å². The van der Waals surface area contributed by atoms with Crippen LogP contribution < -0.4 is 5.73 Å². The molecular formula is C13H15NO2. The first-order valence-corrected chi connectivity index (χ1v) is 5.09. The largest absolute Gasteiger partial charge is 0.463 e. The van der Waals surface area contributed by atoms with Crippen LogP contribution in [0.3, 0.4) is 0 Å². The van der Waals surface area contributed by atoms with Gasteiger partial charge in [-0.3, -0.25) is 0 Å². The summed E-state index contributed by atoms with van der Waals surface area (Å²) in [5.74, 6) is -0.329. The third-order valence-corrected chi connectivity index (χ3v) is 1.86. The number of esters is 1. The number of carbonyl (C=O) groups excluding carboxylic acids is 1. The molecule has 0 heterocycles. The van der Waals surface area contributed by atoms with Crippen LogP contribution in [0.1, 0.15) is 12.5 Å². The minimum atomic E-state index is -0.329. The van der Waals surface area contributed by atoms with E-state index in [4.69, 9.17) is 10.5 Å². The number of nitrogen functional groups attached to an aromatic ring is 1. The van der Waals surface area contributed by atoms with Crippen LogP contribution in [-0.4, -0.2) is 12.6 Å². The SMILES string of the molecule is CCOC(=O)C=CC=Cc1ccc(N)cc1. The van der Waals surface area contributed by atoms with Gasteiger partial charge >= 0.3 is 5.97 Å². The minimum absolute atomic E-state index is 0.329. The van der Waals surface area contributed by atoms with Crippen LogP contribution in [0, 0.1) is 0 Å². The van der Waals surface area contributed by atoms with Crippen molar-refractivity contribution in [3.8, 4) is 0 Å². The molecule has 0 aliphatic carbocycles. The second kappa shape index (κ2) is 6.45. The number of ether oxygens (including phenoxy) is 1. The third kappa shape index (κ3) is 4.46. The molecule has 0 amide bonds. The van der Waals surface area contributed by atoms with Crippen molar-refractivity contribution in [3.05, 3.63) is 48.1 Å². The highest BCUT2D eigenvalue weighted by Gasteiger charge is 1.90. The fraction of sp³-hybridized carbons (Fsp3) is 0.154. The number of anilines is 1. The number of nitrogens with two attached hydrogens (primary N) is 1. The number of allylic oxidation sites excluding steroid dienone is 2. The lowest BCUT2D eigenvalue weighted by molar-refractivity contribution is -0.137. The van der Waals surface area contributed by atoms with Crippen molar-refractivity contribution in [2.24, 2.45) is 0 Å². The fourth-order valence-corrected chi connectivity index (χ4v) is 1.10. The molecule has 0 fully saturated rings. The smallest absolute Gasteiger partial charge is 0.330 e. The van der Waals surface area contributed by atoms with E-state index in [1.54, 1.807) is 19.1 Å². The number of benzene rings is 1. The zero-order valence-electron chi connectivity index (χ0n) is 9.22. The van der Waals surface area contributed by atoms with Gasteiger partial charge in [-0.05, 0) is 24.6 Å². The first-order chi connectivity index (χ1) is 7.72. The molecule has 0 unspecified atom stereocenters. The highest BCUT2D eigenvalue weighted by atomic mass is 16.5. The van der Waals surface area contributed by atoms with Gasteiger partial charge < -0.3 is 10.5 Å². The van der Waals surface area contributed by atoms with Gasteiger partial charge in [0.15, 0.2) is 0 Å². The Morgan fingerprint density at radius 3 is 2.62 bits per heavy atom. The molecule has 0 aliphatic heterocycles. The summed E-state index contributed by atoms with van der Waals surface area (Å²) in [7, 11) is 0. The summed E-state index contributed by atoms with van der Waals surface area (Å²) in [6, 6.07) is 7.47. The maximum absolute atomic E-state index is 10.9. The molecule has 84 valence electrons. The molecule has 0 saturated heterocycles. The third-order valence-electron chi connectivity index (χ3n) is 1.86. The van der Waals surface area contributed by atoms with Crippen LogP contribution in [0.15, 0.2) is 42.5 Å². The summed E-state index contributed by atoms with van der Waals surface area (Å²) >= 11 is 0. The van der Waals surface area contributed by atoms with Crippen molar-refractivity contribution in [2.45, 2.75) is 6.92 Å². The Balaban J connectivity index is 2.48. The lowest BCUT2D eigenvalue weighted by Crippen LogP contribution is -1.98. The topological polar surface area (TPSA) is 52.3 Å². The Morgan fingerprint density at radius 2 is 2.00 bits per heavy atom. The Labute approximate surface area is 95.2 Å². The molecule has 0 bridgehead atoms. The zero-order chi connectivity index (χ0) is 11.8. The van der Waals surface area contributed by atoms with E-state index in [-0.39, 0.29) is 5.97 Å². The first-order valence-electron chi connectivity index (χ1n) is 5.09. The van der Waals surface area contributed by atoms with E-state index in [1.807, 2.05) is 30.3 Å². The van der Waals surface area contributed by atoms with Gasteiger partial charge in [-0.25, -0.2) is 4.79 Å². The molecule has 0 aliphatic rings. The maximum Gasteiger partial charge on any atom is 0.330 e. The van der Waals surface area contributed by atoms with Gasteiger partial charge in [-0.2, -0.15) is 0 Å². The summed E-state index contributed by atoms with van der Waals surface area (Å²) in [4.78, 5) is 10.9. The van der Waals surface area contributed by atoms with Gasteiger partial charge in [-0.15, -0.1) is 0 Å². The van der Waals surface area contributed by atoms with Gasteiger partial charge in [0.2, 0.25) is 0 Å². The predicted molar refractivity (Wildman–Crippen MR) is 65.7 cm³/mol. The highest BCUT2D eigenvalue weighted by molar-refractivity contribution is 5.82. The van der Waals surface area contributed by atoms with Gasteiger partial charge in [0.05, 0.1) is 6.61 Å². The van der Waals surface area contributed by atoms with Gasteiger partial charge in [0.25, 0.3) is 0 Å². The average molecular weight is 217 g/mol. The second-order valence-corrected chi connectivity index (χ2v) is 3.14. The quantitative estimate of drug-likeness (QED) is 0.364.